The zero-order chi connectivity index (χ0) is 15.5. The predicted octanol–water partition coefficient (Wildman–Crippen LogP) is 1.05. The van der Waals surface area contributed by atoms with Crippen molar-refractivity contribution in [3.8, 4) is 0 Å². The zero-order valence-electron chi connectivity index (χ0n) is 12.8. The van der Waals surface area contributed by atoms with Crippen molar-refractivity contribution >= 4 is 9.84 Å². The summed E-state index contributed by atoms with van der Waals surface area (Å²) in [6.45, 7) is 4.27. The van der Waals surface area contributed by atoms with Crippen LogP contribution < -0.4 is 11.3 Å². The van der Waals surface area contributed by atoms with Gasteiger partial charge in [-0.3, -0.25) is 16.0 Å². The first-order valence-electron chi connectivity index (χ1n) is 7.64. The topological polar surface area (TPSA) is 90.0 Å². The Morgan fingerprint density at radius 2 is 2.33 bits per heavy atom. The molecule has 3 unspecified atom stereocenters. The van der Waals surface area contributed by atoms with Gasteiger partial charge in [-0.15, -0.1) is 0 Å². The summed E-state index contributed by atoms with van der Waals surface area (Å²) in [5.74, 6) is 6.46. The molecular weight excluding hydrogens is 288 g/mol. The molecule has 1 aliphatic heterocycles. The van der Waals surface area contributed by atoms with Gasteiger partial charge in [0.05, 0.1) is 17.2 Å². The third-order valence-corrected chi connectivity index (χ3v) is 6.18. The summed E-state index contributed by atoms with van der Waals surface area (Å²) in [7, 11) is -2.82. The number of sulfone groups is 1. The Morgan fingerprint density at radius 3 is 2.90 bits per heavy atom. The van der Waals surface area contributed by atoms with Gasteiger partial charge in [-0.2, -0.15) is 5.10 Å². The lowest BCUT2D eigenvalue weighted by molar-refractivity contribution is 0.402. The molecule has 0 aromatic carbocycles. The van der Waals surface area contributed by atoms with Crippen LogP contribution >= 0.6 is 0 Å². The molecule has 6 nitrogen and oxygen atoms in total. The van der Waals surface area contributed by atoms with Gasteiger partial charge < -0.3 is 0 Å². The molecule has 0 radical (unpaired) electrons. The molecule has 0 spiro atoms. The molecule has 1 aromatic rings. The molecule has 21 heavy (non-hydrogen) atoms. The highest BCUT2D eigenvalue weighted by Crippen LogP contribution is 2.23. The molecule has 7 heteroatoms. The molecule has 0 bridgehead atoms. The summed E-state index contributed by atoms with van der Waals surface area (Å²) >= 11 is 0. The van der Waals surface area contributed by atoms with E-state index in [9.17, 15) is 8.42 Å². The summed E-state index contributed by atoms with van der Waals surface area (Å²) in [5, 5.41) is 4.57. The van der Waals surface area contributed by atoms with Gasteiger partial charge in [-0.05, 0) is 38.2 Å². The average molecular weight is 314 g/mol. The number of hydrogen-bond donors (Lipinski definition) is 2. The summed E-state index contributed by atoms with van der Waals surface area (Å²) in [6.07, 6.45) is 5.31. The first-order valence-corrected chi connectivity index (χ1v) is 9.46. The Morgan fingerprint density at radius 1 is 1.57 bits per heavy atom. The molecule has 2 rings (SSSR count). The maximum absolute atomic E-state index is 11.5. The summed E-state index contributed by atoms with van der Waals surface area (Å²) < 4.78 is 25.0. The fourth-order valence-electron chi connectivity index (χ4n) is 2.84. The summed E-state index contributed by atoms with van der Waals surface area (Å²) in [4.78, 5) is 0. The quantitative estimate of drug-likeness (QED) is 0.580. The van der Waals surface area contributed by atoms with Crippen molar-refractivity contribution in [2.24, 2.45) is 11.8 Å². The van der Waals surface area contributed by atoms with Gasteiger partial charge in [-0.25, -0.2) is 8.42 Å². The largest absolute Gasteiger partial charge is 0.271 e. The number of nitrogens with two attached hydrogens (primary N) is 1. The van der Waals surface area contributed by atoms with E-state index >= 15 is 0 Å². The van der Waals surface area contributed by atoms with Crippen molar-refractivity contribution in [3.63, 3.8) is 0 Å². The van der Waals surface area contributed by atoms with Crippen LogP contribution in [0.4, 0.5) is 0 Å². The second-order valence-corrected chi connectivity index (χ2v) is 8.35. The highest BCUT2D eigenvalue weighted by Gasteiger charge is 2.29. The fraction of sp³-hybridized carbons (Fsp3) is 0.786. The van der Waals surface area contributed by atoms with E-state index in [2.05, 4.69) is 24.4 Å². The van der Waals surface area contributed by atoms with Crippen molar-refractivity contribution in [1.29, 1.82) is 0 Å². The Bertz CT molecular complexity index is 555. The normalized spacial score (nSPS) is 24.0. The highest BCUT2D eigenvalue weighted by atomic mass is 32.2. The van der Waals surface area contributed by atoms with E-state index in [0.717, 1.165) is 31.4 Å². The van der Waals surface area contributed by atoms with Crippen LogP contribution in [0.2, 0.25) is 0 Å². The smallest absolute Gasteiger partial charge is 0.150 e. The number of hydrogen-bond acceptors (Lipinski definition) is 5. The molecule has 3 atom stereocenters. The standard InChI is InChI=1S/C14H26N4O2S/c1-3-11(2)18-6-4-13(17-18)9-14(16-15)8-12-5-7-21(19,20)10-12/h4,6,11-12,14,16H,3,5,7-10,15H2,1-2H3. The Kier molecular flexibility index (Phi) is 5.40. The van der Waals surface area contributed by atoms with E-state index in [0.29, 0.717) is 17.5 Å². The summed E-state index contributed by atoms with van der Waals surface area (Å²) in [5.41, 5.74) is 3.81. The fourth-order valence-corrected chi connectivity index (χ4v) is 4.72. The lowest BCUT2D eigenvalue weighted by Gasteiger charge is -2.18. The first kappa shape index (κ1) is 16.5. The minimum Gasteiger partial charge on any atom is -0.271 e. The molecular formula is C14H26N4O2S. The van der Waals surface area contributed by atoms with Gasteiger partial charge in [0.2, 0.25) is 0 Å². The van der Waals surface area contributed by atoms with Crippen LogP contribution in [-0.2, 0) is 16.3 Å². The van der Waals surface area contributed by atoms with Crippen molar-refractivity contribution in [3.05, 3.63) is 18.0 Å². The van der Waals surface area contributed by atoms with Crippen LogP contribution in [0.5, 0.6) is 0 Å². The van der Waals surface area contributed by atoms with Crippen molar-refractivity contribution in [2.75, 3.05) is 11.5 Å². The van der Waals surface area contributed by atoms with Crippen LogP contribution in [-0.4, -0.2) is 35.7 Å². The van der Waals surface area contributed by atoms with Gasteiger partial charge in [-0.1, -0.05) is 6.92 Å². The van der Waals surface area contributed by atoms with Crippen molar-refractivity contribution < 1.29 is 8.42 Å². The van der Waals surface area contributed by atoms with Crippen molar-refractivity contribution in [1.82, 2.24) is 15.2 Å². The number of nitrogens with zero attached hydrogens (tertiary/aromatic N) is 2. The summed E-state index contributed by atoms with van der Waals surface area (Å²) in [6, 6.07) is 2.48. The lowest BCUT2D eigenvalue weighted by Crippen LogP contribution is -2.38. The SMILES string of the molecule is CCC(C)n1ccc(CC(CC2CCS(=O)(=O)C2)NN)n1. The number of rotatable bonds is 7. The second kappa shape index (κ2) is 6.89. The van der Waals surface area contributed by atoms with Crippen LogP contribution in [0.15, 0.2) is 12.3 Å². The molecule has 0 amide bonds. The van der Waals surface area contributed by atoms with Gasteiger partial charge in [0.15, 0.2) is 9.84 Å². The van der Waals surface area contributed by atoms with E-state index in [1.165, 1.54) is 0 Å². The Balaban J connectivity index is 1.92. The van der Waals surface area contributed by atoms with E-state index in [1.807, 2.05) is 16.9 Å². The van der Waals surface area contributed by atoms with Crippen molar-refractivity contribution in [2.45, 2.75) is 51.6 Å². The molecule has 120 valence electrons. The zero-order valence-corrected chi connectivity index (χ0v) is 13.6. The molecule has 1 fully saturated rings. The number of nitrogens with one attached hydrogen (secondary N) is 1. The number of aromatic nitrogens is 2. The van der Waals surface area contributed by atoms with Gasteiger partial charge in [0.25, 0.3) is 0 Å². The van der Waals surface area contributed by atoms with E-state index < -0.39 is 9.84 Å². The third kappa shape index (κ3) is 4.52. The van der Waals surface area contributed by atoms with E-state index in [4.69, 9.17) is 5.84 Å². The molecule has 1 aromatic heterocycles. The minimum absolute atomic E-state index is 0.0728. The average Bonchev–Trinajstić information content (AvgIpc) is 3.04. The van der Waals surface area contributed by atoms with E-state index in [-0.39, 0.29) is 12.0 Å². The monoisotopic (exact) mass is 314 g/mol. The maximum Gasteiger partial charge on any atom is 0.150 e. The molecule has 3 N–H and O–H groups in total. The highest BCUT2D eigenvalue weighted by molar-refractivity contribution is 7.91. The molecule has 0 saturated carbocycles. The molecule has 0 aliphatic carbocycles. The Hall–Kier alpha value is -0.920. The van der Waals surface area contributed by atoms with Crippen LogP contribution in [0, 0.1) is 5.92 Å². The van der Waals surface area contributed by atoms with Crippen LogP contribution in [0.1, 0.15) is 44.8 Å². The minimum atomic E-state index is -2.82. The van der Waals surface area contributed by atoms with Gasteiger partial charge in [0, 0.05) is 24.7 Å². The van der Waals surface area contributed by atoms with Crippen LogP contribution in [0.3, 0.4) is 0 Å². The Labute approximate surface area is 127 Å². The second-order valence-electron chi connectivity index (χ2n) is 6.12. The third-order valence-electron chi connectivity index (χ3n) is 4.34. The predicted molar refractivity (Wildman–Crippen MR) is 83.4 cm³/mol. The molecule has 1 aliphatic rings. The first-order chi connectivity index (χ1) is 9.93. The molecule has 1 saturated heterocycles. The lowest BCUT2D eigenvalue weighted by atomic mass is 9.97. The van der Waals surface area contributed by atoms with E-state index in [1.54, 1.807) is 0 Å². The van der Waals surface area contributed by atoms with Crippen LogP contribution in [0.25, 0.3) is 0 Å². The van der Waals surface area contributed by atoms with Gasteiger partial charge >= 0.3 is 0 Å². The molecule has 2 heterocycles. The number of hydrazine groups is 1. The van der Waals surface area contributed by atoms with Gasteiger partial charge in [0.1, 0.15) is 0 Å². The maximum atomic E-state index is 11.5.